The zero-order valence-electron chi connectivity index (χ0n) is 13.6. The average Bonchev–Trinajstić information content (AvgIpc) is 2.59. The van der Waals surface area contributed by atoms with E-state index < -0.39 is 5.82 Å². The van der Waals surface area contributed by atoms with Crippen molar-refractivity contribution in [3.05, 3.63) is 52.8 Å². The van der Waals surface area contributed by atoms with Crippen molar-refractivity contribution in [1.82, 2.24) is 5.32 Å². The largest absolute Gasteiger partial charge is 0.508 e. The van der Waals surface area contributed by atoms with Crippen molar-refractivity contribution in [3.8, 4) is 23.3 Å². The smallest absolute Gasteiger partial charge is 0.186 e. The van der Waals surface area contributed by atoms with E-state index in [0.29, 0.717) is 25.1 Å². The first kappa shape index (κ1) is 17.6. The Bertz CT molecular complexity index is 757. The van der Waals surface area contributed by atoms with Gasteiger partial charge in [0.15, 0.2) is 11.6 Å². The van der Waals surface area contributed by atoms with Gasteiger partial charge in [-0.25, -0.2) is 4.39 Å². The van der Waals surface area contributed by atoms with Crippen molar-refractivity contribution in [1.29, 1.82) is 5.26 Å². The molecule has 0 heterocycles. The molecular weight excluding hydrogens is 311 g/mol. The summed E-state index contributed by atoms with van der Waals surface area (Å²) < 4.78 is 24.5. The highest BCUT2D eigenvalue weighted by Crippen LogP contribution is 2.32. The molecular formula is C18H19FN2O3. The van der Waals surface area contributed by atoms with Crippen LogP contribution in [-0.2, 0) is 13.0 Å². The highest BCUT2D eigenvalue weighted by atomic mass is 19.1. The number of rotatable bonds is 7. The molecule has 0 unspecified atom stereocenters. The summed E-state index contributed by atoms with van der Waals surface area (Å²) in [4.78, 5) is 0. The Morgan fingerprint density at radius 3 is 2.58 bits per heavy atom. The number of para-hydroxylation sites is 1. The first-order valence-corrected chi connectivity index (χ1v) is 7.43. The van der Waals surface area contributed by atoms with Crippen LogP contribution in [0.5, 0.6) is 17.2 Å². The SMILES string of the molecule is COc1cc(CCNCc2ccccc2O)c(OC)c(F)c1C#N. The Kier molecular flexibility index (Phi) is 5.99. The normalized spacial score (nSPS) is 10.2. The quantitative estimate of drug-likeness (QED) is 0.764. The number of nitriles is 1. The molecule has 0 aliphatic rings. The topological polar surface area (TPSA) is 74.5 Å². The van der Waals surface area contributed by atoms with Gasteiger partial charge in [0, 0.05) is 17.7 Å². The minimum atomic E-state index is -0.713. The number of hydrogen-bond acceptors (Lipinski definition) is 5. The molecule has 0 radical (unpaired) electrons. The summed E-state index contributed by atoms with van der Waals surface area (Å²) in [5.41, 5.74) is 1.23. The number of ether oxygens (including phenoxy) is 2. The summed E-state index contributed by atoms with van der Waals surface area (Å²) in [5.74, 6) is -0.244. The number of methoxy groups -OCH3 is 2. The molecule has 0 spiro atoms. The highest BCUT2D eigenvalue weighted by molar-refractivity contribution is 5.53. The van der Waals surface area contributed by atoms with Crippen molar-refractivity contribution >= 4 is 0 Å². The maximum atomic E-state index is 14.3. The van der Waals surface area contributed by atoms with Gasteiger partial charge in [-0.1, -0.05) is 18.2 Å². The average molecular weight is 330 g/mol. The van der Waals surface area contributed by atoms with Gasteiger partial charge in [0.05, 0.1) is 14.2 Å². The molecule has 0 aliphatic carbocycles. The molecule has 0 saturated carbocycles. The lowest BCUT2D eigenvalue weighted by Gasteiger charge is -2.14. The van der Waals surface area contributed by atoms with Crippen LogP contribution in [-0.4, -0.2) is 25.9 Å². The van der Waals surface area contributed by atoms with Gasteiger partial charge in [-0.15, -0.1) is 0 Å². The molecule has 0 amide bonds. The minimum Gasteiger partial charge on any atom is -0.508 e. The van der Waals surface area contributed by atoms with Gasteiger partial charge in [0.2, 0.25) is 0 Å². The van der Waals surface area contributed by atoms with E-state index in [9.17, 15) is 9.50 Å². The van der Waals surface area contributed by atoms with Gasteiger partial charge in [-0.3, -0.25) is 0 Å². The van der Waals surface area contributed by atoms with Crippen LogP contribution in [0.1, 0.15) is 16.7 Å². The Balaban J connectivity index is 2.08. The number of nitrogens with zero attached hydrogens (tertiary/aromatic N) is 1. The molecule has 24 heavy (non-hydrogen) atoms. The number of benzene rings is 2. The lowest BCUT2D eigenvalue weighted by Crippen LogP contribution is -2.17. The number of phenols is 1. The molecule has 0 aliphatic heterocycles. The van der Waals surface area contributed by atoms with Crippen LogP contribution >= 0.6 is 0 Å². The van der Waals surface area contributed by atoms with Crippen molar-refractivity contribution in [2.24, 2.45) is 0 Å². The standard InChI is InChI=1S/C18H19FN2O3/c1-23-16-9-12(18(24-2)17(19)14(16)10-20)7-8-21-11-13-5-3-4-6-15(13)22/h3-6,9,21-22H,7-8,11H2,1-2H3. The minimum absolute atomic E-state index is 0.0525. The van der Waals surface area contributed by atoms with E-state index in [-0.39, 0.29) is 22.8 Å². The van der Waals surface area contributed by atoms with Crippen molar-refractivity contribution in [3.63, 3.8) is 0 Å². The van der Waals surface area contributed by atoms with Gasteiger partial charge in [0.1, 0.15) is 23.1 Å². The zero-order chi connectivity index (χ0) is 17.5. The second-order valence-electron chi connectivity index (χ2n) is 5.13. The molecule has 2 N–H and O–H groups in total. The fourth-order valence-corrected chi connectivity index (χ4v) is 2.44. The van der Waals surface area contributed by atoms with Gasteiger partial charge in [0.25, 0.3) is 0 Å². The molecule has 6 heteroatoms. The lowest BCUT2D eigenvalue weighted by molar-refractivity contribution is 0.370. The van der Waals surface area contributed by atoms with Crippen LogP contribution in [0, 0.1) is 17.1 Å². The molecule has 126 valence electrons. The van der Waals surface area contributed by atoms with E-state index in [1.54, 1.807) is 24.3 Å². The fourth-order valence-electron chi connectivity index (χ4n) is 2.44. The summed E-state index contributed by atoms with van der Waals surface area (Å²) in [6.07, 6.45) is 0.482. The third kappa shape index (κ3) is 3.76. The third-order valence-electron chi connectivity index (χ3n) is 3.68. The van der Waals surface area contributed by atoms with Crippen molar-refractivity contribution < 1.29 is 19.0 Å². The molecule has 0 fully saturated rings. The van der Waals surface area contributed by atoms with Gasteiger partial charge in [-0.05, 0) is 25.1 Å². The number of hydrogen-bond donors (Lipinski definition) is 2. The molecule has 2 aromatic carbocycles. The van der Waals surface area contributed by atoms with E-state index in [1.165, 1.54) is 14.2 Å². The first-order chi connectivity index (χ1) is 11.6. The van der Waals surface area contributed by atoms with Crippen molar-refractivity contribution in [2.75, 3.05) is 20.8 Å². The Hall–Kier alpha value is -2.78. The first-order valence-electron chi connectivity index (χ1n) is 7.43. The van der Waals surface area contributed by atoms with Crippen molar-refractivity contribution in [2.45, 2.75) is 13.0 Å². The second-order valence-corrected chi connectivity index (χ2v) is 5.13. The summed E-state index contributed by atoms with van der Waals surface area (Å²) in [6.45, 7) is 1.03. The predicted octanol–water partition coefficient (Wildman–Crippen LogP) is 2.75. The summed E-state index contributed by atoms with van der Waals surface area (Å²) in [7, 11) is 2.76. The molecule has 0 saturated heterocycles. The number of phenolic OH excluding ortho intramolecular Hbond substituents is 1. The van der Waals surface area contributed by atoms with Gasteiger partial charge in [-0.2, -0.15) is 5.26 Å². The number of nitrogens with one attached hydrogen (secondary N) is 1. The van der Waals surface area contributed by atoms with E-state index in [1.807, 2.05) is 12.1 Å². The van der Waals surface area contributed by atoms with Crippen LogP contribution in [0.2, 0.25) is 0 Å². The van der Waals surface area contributed by atoms with Gasteiger partial charge < -0.3 is 19.9 Å². The fraction of sp³-hybridized carbons (Fsp3) is 0.278. The Labute approximate surface area is 140 Å². The zero-order valence-corrected chi connectivity index (χ0v) is 13.6. The third-order valence-corrected chi connectivity index (χ3v) is 3.68. The van der Waals surface area contributed by atoms with Crippen LogP contribution in [0.15, 0.2) is 30.3 Å². The molecule has 2 rings (SSSR count). The summed E-state index contributed by atoms with van der Waals surface area (Å²) >= 11 is 0. The van der Waals surface area contributed by atoms with E-state index in [2.05, 4.69) is 5.32 Å². The van der Waals surface area contributed by atoms with E-state index >= 15 is 0 Å². The predicted molar refractivity (Wildman–Crippen MR) is 87.7 cm³/mol. The molecule has 0 aromatic heterocycles. The number of aromatic hydroxyl groups is 1. The van der Waals surface area contributed by atoms with Crippen LogP contribution in [0.25, 0.3) is 0 Å². The van der Waals surface area contributed by atoms with Crippen LogP contribution in [0.4, 0.5) is 4.39 Å². The van der Waals surface area contributed by atoms with Crippen LogP contribution in [0.3, 0.4) is 0 Å². The van der Waals surface area contributed by atoms with E-state index in [4.69, 9.17) is 14.7 Å². The monoisotopic (exact) mass is 330 g/mol. The number of halogens is 1. The van der Waals surface area contributed by atoms with Gasteiger partial charge >= 0.3 is 0 Å². The summed E-state index contributed by atoms with van der Waals surface area (Å²) in [5, 5.41) is 21.9. The lowest BCUT2D eigenvalue weighted by atomic mass is 10.1. The highest BCUT2D eigenvalue weighted by Gasteiger charge is 2.19. The molecule has 5 nitrogen and oxygen atoms in total. The maximum Gasteiger partial charge on any atom is 0.186 e. The van der Waals surface area contributed by atoms with Crippen LogP contribution < -0.4 is 14.8 Å². The molecule has 0 atom stereocenters. The summed E-state index contributed by atoms with van der Waals surface area (Å²) in [6, 6.07) is 10.5. The molecule has 0 bridgehead atoms. The Morgan fingerprint density at radius 1 is 1.21 bits per heavy atom. The molecule has 2 aromatic rings. The Morgan fingerprint density at radius 2 is 1.96 bits per heavy atom. The maximum absolute atomic E-state index is 14.3. The second kappa shape index (κ2) is 8.18. The van der Waals surface area contributed by atoms with E-state index in [0.717, 1.165) is 5.56 Å².